The van der Waals surface area contributed by atoms with Crippen molar-refractivity contribution in [2.24, 2.45) is 17.8 Å². The summed E-state index contributed by atoms with van der Waals surface area (Å²) >= 11 is 1.43. The highest BCUT2D eigenvalue weighted by Crippen LogP contribution is 2.55. The monoisotopic (exact) mass is 468 g/mol. The number of carbonyl (C=O) groups excluding carboxylic acids is 1. The SMILES string of the molecule is COC(=O)c1c(NSc2ccc(F)cc2CC2CN3CCC2CC3)ccc2c1OC[C@@H]1CC21. The molecule has 7 heteroatoms. The number of carbonyl (C=O) groups is 1. The molecule has 0 aromatic heterocycles. The zero-order valence-corrected chi connectivity index (χ0v) is 19.6. The maximum Gasteiger partial charge on any atom is 0.343 e. The molecule has 2 aromatic carbocycles. The van der Waals surface area contributed by atoms with Crippen molar-refractivity contribution in [1.82, 2.24) is 4.90 Å². The van der Waals surface area contributed by atoms with Gasteiger partial charge in [0.1, 0.15) is 17.1 Å². The van der Waals surface area contributed by atoms with Gasteiger partial charge in [-0.3, -0.25) is 0 Å². The molecular weight excluding hydrogens is 439 g/mol. The molecule has 2 bridgehead atoms. The lowest BCUT2D eigenvalue weighted by Crippen LogP contribution is -2.48. The van der Waals surface area contributed by atoms with Crippen LogP contribution < -0.4 is 9.46 Å². The summed E-state index contributed by atoms with van der Waals surface area (Å²) in [5, 5.41) is 0. The maximum absolute atomic E-state index is 14.2. The number of ether oxygens (including phenoxy) is 2. The van der Waals surface area contributed by atoms with Crippen molar-refractivity contribution in [1.29, 1.82) is 0 Å². The van der Waals surface area contributed by atoms with E-state index in [4.69, 9.17) is 9.47 Å². The Morgan fingerprint density at radius 2 is 2.09 bits per heavy atom. The molecule has 33 heavy (non-hydrogen) atoms. The maximum atomic E-state index is 14.2. The smallest absolute Gasteiger partial charge is 0.343 e. The summed E-state index contributed by atoms with van der Waals surface area (Å²) in [7, 11) is 1.40. The summed E-state index contributed by atoms with van der Waals surface area (Å²) < 4.78 is 28.6. The Hall–Kier alpha value is -2.25. The molecule has 1 saturated carbocycles. The number of halogens is 1. The Bertz CT molecular complexity index is 1090. The average Bonchev–Trinajstić information content (AvgIpc) is 3.64. The molecule has 4 fully saturated rings. The van der Waals surface area contributed by atoms with Crippen molar-refractivity contribution in [3.8, 4) is 5.75 Å². The molecular formula is C26H29FN2O3S. The standard InChI is InChI=1S/C26H29FN2O3S/c1-31-26(30)24-22(4-3-20-21-12-18(21)14-32-25(20)24)28-33-23-5-2-19(27)11-16(23)10-17-13-29-8-6-15(17)7-9-29/h2-5,11,15,17-18,21,28H,6-10,12-14H2,1H3/t17?,18-,21?/m0/s1. The fourth-order valence-corrected chi connectivity index (χ4v) is 6.76. The molecule has 3 atom stereocenters. The lowest BCUT2D eigenvalue weighted by Gasteiger charge is -2.45. The van der Waals surface area contributed by atoms with Gasteiger partial charge in [0.2, 0.25) is 0 Å². The number of piperidine rings is 3. The molecule has 7 rings (SSSR count). The van der Waals surface area contributed by atoms with Gasteiger partial charge in [-0.15, -0.1) is 0 Å². The predicted molar refractivity (Wildman–Crippen MR) is 126 cm³/mol. The summed E-state index contributed by atoms with van der Waals surface area (Å²) in [5.41, 5.74) is 3.25. The van der Waals surface area contributed by atoms with Crippen LogP contribution in [-0.4, -0.2) is 44.2 Å². The molecule has 0 radical (unpaired) electrons. The molecule has 5 aliphatic rings. The number of benzene rings is 2. The number of hydrogen-bond acceptors (Lipinski definition) is 6. The summed E-state index contributed by atoms with van der Waals surface area (Å²) in [6.45, 7) is 4.16. The first-order valence-electron chi connectivity index (χ1n) is 11.9. The van der Waals surface area contributed by atoms with Crippen molar-refractivity contribution >= 4 is 23.6 Å². The minimum atomic E-state index is -0.402. The highest BCUT2D eigenvalue weighted by Gasteiger charge is 2.45. The third-order valence-electron chi connectivity index (χ3n) is 7.91. The van der Waals surface area contributed by atoms with Crippen LogP contribution in [0, 0.1) is 23.6 Å². The Morgan fingerprint density at radius 1 is 1.24 bits per heavy atom. The van der Waals surface area contributed by atoms with Crippen LogP contribution in [0.5, 0.6) is 5.75 Å². The Labute approximate surface area is 198 Å². The fraction of sp³-hybridized carbons (Fsp3) is 0.500. The quantitative estimate of drug-likeness (QED) is 0.470. The molecule has 2 unspecified atom stereocenters. The third-order valence-corrected chi connectivity index (χ3v) is 8.85. The van der Waals surface area contributed by atoms with Gasteiger partial charge in [0.15, 0.2) is 0 Å². The van der Waals surface area contributed by atoms with Crippen molar-refractivity contribution in [3.63, 3.8) is 0 Å². The van der Waals surface area contributed by atoms with Crippen molar-refractivity contribution in [3.05, 3.63) is 52.8 Å². The van der Waals surface area contributed by atoms with E-state index in [1.807, 2.05) is 12.1 Å². The Morgan fingerprint density at radius 3 is 2.85 bits per heavy atom. The number of anilines is 1. The van der Waals surface area contributed by atoms with Crippen LogP contribution in [0.15, 0.2) is 35.2 Å². The minimum Gasteiger partial charge on any atom is -0.492 e. The lowest BCUT2D eigenvalue weighted by molar-refractivity contribution is 0.0509. The minimum absolute atomic E-state index is 0.202. The second kappa shape index (κ2) is 8.51. The second-order valence-electron chi connectivity index (χ2n) is 9.87. The molecule has 1 N–H and O–H groups in total. The molecule has 0 spiro atoms. The highest BCUT2D eigenvalue weighted by atomic mass is 32.2. The van der Waals surface area contributed by atoms with E-state index in [9.17, 15) is 9.18 Å². The van der Waals surface area contributed by atoms with E-state index in [0.29, 0.717) is 41.4 Å². The number of nitrogens with zero attached hydrogens (tertiary/aromatic N) is 1. The number of fused-ring (bicyclic) bond motifs is 6. The summed E-state index contributed by atoms with van der Waals surface area (Å²) in [6, 6.07) is 9.03. The van der Waals surface area contributed by atoms with Crippen LogP contribution in [-0.2, 0) is 11.2 Å². The summed E-state index contributed by atoms with van der Waals surface area (Å²) in [4.78, 5) is 16.2. The van der Waals surface area contributed by atoms with E-state index in [1.165, 1.54) is 51.1 Å². The normalized spacial score (nSPS) is 29.0. The van der Waals surface area contributed by atoms with Gasteiger partial charge in [-0.1, -0.05) is 6.07 Å². The first-order chi connectivity index (χ1) is 16.1. The zero-order valence-electron chi connectivity index (χ0n) is 18.8. The Balaban J connectivity index is 1.25. The first-order valence-corrected chi connectivity index (χ1v) is 12.7. The zero-order chi connectivity index (χ0) is 22.5. The van der Waals surface area contributed by atoms with Gasteiger partial charge >= 0.3 is 5.97 Å². The Kier molecular flexibility index (Phi) is 5.49. The summed E-state index contributed by atoms with van der Waals surface area (Å²) in [6.07, 6.45) is 4.50. The van der Waals surface area contributed by atoms with Crippen LogP contribution in [0.25, 0.3) is 0 Å². The largest absolute Gasteiger partial charge is 0.492 e. The van der Waals surface area contributed by atoms with E-state index in [0.717, 1.165) is 41.3 Å². The molecule has 3 saturated heterocycles. The van der Waals surface area contributed by atoms with Crippen LogP contribution >= 0.6 is 11.9 Å². The van der Waals surface area contributed by atoms with Crippen LogP contribution in [0.1, 0.15) is 46.7 Å². The molecule has 5 nitrogen and oxygen atoms in total. The van der Waals surface area contributed by atoms with Crippen LogP contribution in [0.3, 0.4) is 0 Å². The lowest BCUT2D eigenvalue weighted by atomic mass is 9.76. The number of rotatable bonds is 6. The van der Waals surface area contributed by atoms with Crippen molar-refractivity contribution < 1.29 is 18.7 Å². The third kappa shape index (κ3) is 3.99. The van der Waals surface area contributed by atoms with Crippen LogP contribution in [0.2, 0.25) is 0 Å². The van der Waals surface area contributed by atoms with Gasteiger partial charge in [0.05, 0.1) is 19.4 Å². The molecule has 2 aromatic rings. The molecule has 4 aliphatic heterocycles. The van der Waals surface area contributed by atoms with E-state index < -0.39 is 5.97 Å². The highest BCUT2D eigenvalue weighted by molar-refractivity contribution is 8.00. The van der Waals surface area contributed by atoms with Crippen LogP contribution in [0.4, 0.5) is 10.1 Å². The molecule has 0 amide bonds. The first kappa shape index (κ1) is 21.3. The predicted octanol–water partition coefficient (Wildman–Crippen LogP) is 5.11. The second-order valence-corrected chi connectivity index (χ2v) is 10.7. The molecule has 174 valence electrons. The van der Waals surface area contributed by atoms with Gasteiger partial charge in [0.25, 0.3) is 0 Å². The number of hydrogen-bond donors (Lipinski definition) is 1. The van der Waals surface area contributed by atoms with E-state index in [2.05, 4.69) is 15.7 Å². The van der Waals surface area contributed by atoms with Crippen molar-refractivity contribution in [2.75, 3.05) is 38.1 Å². The van der Waals surface area contributed by atoms with E-state index >= 15 is 0 Å². The van der Waals surface area contributed by atoms with Gasteiger partial charge in [0, 0.05) is 17.4 Å². The summed E-state index contributed by atoms with van der Waals surface area (Å²) in [5.74, 6) is 2.42. The van der Waals surface area contributed by atoms with Gasteiger partial charge < -0.3 is 19.1 Å². The molecule has 1 aliphatic carbocycles. The van der Waals surface area contributed by atoms with Gasteiger partial charge in [-0.2, -0.15) is 0 Å². The number of esters is 1. The van der Waals surface area contributed by atoms with Gasteiger partial charge in [-0.05, 0) is 104 Å². The average molecular weight is 469 g/mol. The van der Waals surface area contributed by atoms with Gasteiger partial charge in [-0.25, -0.2) is 9.18 Å². The molecule has 4 heterocycles. The number of methoxy groups -OCH3 is 1. The fourth-order valence-electron chi connectivity index (χ4n) is 5.96. The van der Waals surface area contributed by atoms with E-state index in [-0.39, 0.29) is 5.82 Å². The van der Waals surface area contributed by atoms with Crippen molar-refractivity contribution in [2.45, 2.75) is 36.5 Å². The number of nitrogens with one attached hydrogen (secondary N) is 1. The topological polar surface area (TPSA) is 50.8 Å². The van der Waals surface area contributed by atoms with E-state index in [1.54, 1.807) is 6.07 Å².